The molecule has 7 rings (SSSR count). The van der Waals surface area contributed by atoms with Gasteiger partial charge in [-0.2, -0.15) is 0 Å². The van der Waals surface area contributed by atoms with Gasteiger partial charge in [0.1, 0.15) is 42.5 Å². The molecule has 0 spiro atoms. The summed E-state index contributed by atoms with van der Waals surface area (Å²) < 4.78 is 30.3. The molecule has 14 heteroatoms. The van der Waals surface area contributed by atoms with E-state index in [1.165, 1.54) is 4.90 Å². The van der Waals surface area contributed by atoms with Crippen molar-refractivity contribution in [3.63, 3.8) is 0 Å². The van der Waals surface area contributed by atoms with Crippen LogP contribution in [0.3, 0.4) is 0 Å². The van der Waals surface area contributed by atoms with Crippen molar-refractivity contribution in [1.82, 2.24) is 15.2 Å². The first-order valence-electron chi connectivity index (χ1n) is 19.9. The van der Waals surface area contributed by atoms with Crippen LogP contribution in [0.15, 0.2) is 91.1 Å². The van der Waals surface area contributed by atoms with Gasteiger partial charge in [-0.1, -0.05) is 74.3 Å². The number of hydrogen-bond donors (Lipinski definition) is 2. The molecule has 2 aliphatic rings. The maximum Gasteiger partial charge on any atom is 0.410 e. The van der Waals surface area contributed by atoms with Crippen LogP contribution >= 0.6 is 23.2 Å². The summed E-state index contributed by atoms with van der Waals surface area (Å²) in [4.78, 5) is 45.9. The number of carbonyl (C=O) groups is 3. The predicted molar refractivity (Wildman–Crippen MR) is 230 cm³/mol. The Hall–Kier alpha value is -5.98. The number of ether oxygens (including phenoxy) is 5. The van der Waals surface area contributed by atoms with E-state index in [1.807, 2.05) is 77.1 Å². The van der Waals surface area contributed by atoms with E-state index in [9.17, 15) is 19.5 Å². The van der Waals surface area contributed by atoms with Crippen LogP contribution in [-0.2, 0) is 40.3 Å². The van der Waals surface area contributed by atoms with E-state index in [1.54, 1.807) is 48.7 Å². The number of carboxylic acid groups (broad SMARTS) is 1. The quantitative estimate of drug-likeness (QED) is 0.124. The predicted octanol–water partition coefficient (Wildman–Crippen LogP) is 9.61. The van der Waals surface area contributed by atoms with E-state index in [2.05, 4.69) is 10.3 Å². The van der Waals surface area contributed by atoms with E-state index >= 15 is 0 Å². The lowest BCUT2D eigenvalue weighted by molar-refractivity contribution is -0.142. The lowest BCUT2D eigenvalue weighted by atomic mass is 9.92. The molecule has 0 saturated carbocycles. The van der Waals surface area contributed by atoms with Crippen molar-refractivity contribution in [2.45, 2.75) is 78.8 Å². The van der Waals surface area contributed by atoms with Gasteiger partial charge in [-0.3, -0.25) is 14.7 Å². The van der Waals surface area contributed by atoms with Crippen molar-refractivity contribution >= 4 is 41.2 Å². The monoisotopic (exact) mass is 867 g/mol. The Labute approximate surface area is 364 Å². The van der Waals surface area contributed by atoms with Gasteiger partial charge in [0, 0.05) is 30.3 Å². The smallest absolute Gasteiger partial charge is 0.410 e. The van der Waals surface area contributed by atoms with Gasteiger partial charge in [0.2, 0.25) is 5.91 Å². The number of hydrogen-bond acceptors (Lipinski definition) is 9. The maximum atomic E-state index is 14.1. The minimum absolute atomic E-state index is 0.000852. The van der Waals surface area contributed by atoms with E-state index < -0.39 is 36.2 Å². The summed E-state index contributed by atoms with van der Waals surface area (Å²) in [5, 5.41) is 13.9. The van der Waals surface area contributed by atoms with Crippen molar-refractivity contribution < 1.29 is 43.2 Å². The van der Waals surface area contributed by atoms with Crippen LogP contribution in [0.25, 0.3) is 0 Å². The molecule has 0 aliphatic carbocycles. The Morgan fingerprint density at radius 2 is 1.61 bits per heavy atom. The molecular weight excluding hydrogens is 821 g/mol. The molecule has 61 heavy (non-hydrogen) atoms. The number of pyridine rings is 1. The van der Waals surface area contributed by atoms with Crippen LogP contribution in [0.5, 0.6) is 28.7 Å². The first-order chi connectivity index (χ1) is 29.1. The van der Waals surface area contributed by atoms with Crippen molar-refractivity contribution in [3.05, 3.63) is 140 Å². The zero-order valence-electron chi connectivity index (χ0n) is 34.5. The fraction of sp³-hybridized carbons (Fsp3) is 0.319. The molecule has 3 heterocycles. The third-order valence-corrected chi connectivity index (χ3v) is 11.2. The average Bonchev–Trinajstić information content (AvgIpc) is 3.23. The molecule has 3 atom stereocenters. The molecule has 4 aromatic carbocycles. The van der Waals surface area contributed by atoms with Crippen LogP contribution in [0.2, 0.25) is 10.0 Å². The minimum atomic E-state index is -1.28. The van der Waals surface area contributed by atoms with Crippen LogP contribution < -0.4 is 24.3 Å². The van der Waals surface area contributed by atoms with Gasteiger partial charge in [0.15, 0.2) is 17.6 Å². The van der Waals surface area contributed by atoms with Gasteiger partial charge in [0.25, 0.3) is 0 Å². The lowest BCUT2D eigenvalue weighted by Crippen LogP contribution is -2.56. The molecule has 0 fully saturated rings. The van der Waals surface area contributed by atoms with Crippen molar-refractivity contribution in [1.29, 1.82) is 0 Å². The van der Waals surface area contributed by atoms with Crippen LogP contribution in [-0.4, -0.2) is 58.3 Å². The number of carbonyl (C=O) groups excluding carboxylic acids is 2. The first-order valence-corrected chi connectivity index (χ1v) is 20.6. The largest absolute Gasteiger partial charge is 0.489 e. The molecule has 0 bridgehead atoms. The number of rotatable bonds is 12. The number of fused-ring (bicyclic) bond motifs is 2. The normalized spacial score (nSPS) is 16.2. The highest BCUT2D eigenvalue weighted by molar-refractivity contribution is 6.42. The maximum absolute atomic E-state index is 14.1. The van der Waals surface area contributed by atoms with Gasteiger partial charge < -0.3 is 34.1 Å². The summed E-state index contributed by atoms with van der Waals surface area (Å²) in [6.45, 7) is 10.3. The van der Waals surface area contributed by atoms with Crippen molar-refractivity contribution in [2.75, 3.05) is 13.2 Å². The molecule has 2 amide bonds. The van der Waals surface area contributed by atoms with E-state index in [0.717, 1.165) is 33.5 Å². The first kappa shape index (κ1) is 43.1. The zero-order chi connectivity index (χ0) is 43.4. The molecule has 0 unspecified atom stereocenters. The fourth-order valence-corrected chi connectivity index (χ4v) is 7.25. The van der Waals surface area contributed by atoms with Gasteiger partial charge in [-0.05, 0) is 102 Å². The number of nitrogens with one attached hydrogen (secondary N) is 1. The summed E-state index contributed by atoms with van der Waals surface area (Å²) in [6.07, 6.45) is 0.672. The topological polar surface area (TPSA) is 146 Å². The molecule has 5 aromatic rings. The third kappa shape index (κ3) is 10.7. The average molecular weight is 869 g/mol. The van der Waals surface area contributed by atoms with Gasteiger partial charge in [-0.15, -0.1) is 0 Å². The number of aromatic nitrogens is 1. The van der Waals surface area contributed by atoms with Gasteiger partial charge in [-0.25, -0.2) is 9.59 Å². The highest BCUT2D eigenvalue weighted by Gasteiger charge is 2.39. The molecule has 318 valence electrons. The fourth-order valence-electron chi connectivity index (χ4n) is 6.93. The van der Waals surface area contributed by atoms with E-state index in [0.29, 0.717) is 51.0 Å². The number of benzene rings is 4. The molecule has 12 nitrogen and oxygen atoms in total. The summed E-state index contributed by atoms with van der Waals surface area (Å²) in [5.41, 5.74) is 5.39. The second kappa shape index (κ2) is 18.3. The third-order valence-electron chi connectivity index (χ3n) is 10.5. The summed E-state index contributed by atoms with van der Waals surface area (Å²) >= 11 is 12.2. The van der Waals surface area contributed by atoms with Crippen LogP contribution in [0.4, 0.5) is 4.79 Å². The Bertz CT molecular complexity index is 2420. The van der Waals surface area contributed by atoms with Gasteiger partial charge >= 0.3 is 12.1 Å². The number of aliphatic carboxylic acids is 1. The lowest BCUT2D eigenvalue weighted by Gasteiger charge is -2.37. The van der Waals surface area contributed by atoms with Crippen molar-refractivity contribution in [2.24, 2.45) is 5.41 Å². The zero-order valence-corrected chi connectivity index (χ0v) is 36.0. The SMILES string of the molecule is Cc1nccc(Oc2ccc(C[C@H](NC(=O)[C@@H]3Cc4cc5c(cc4CN3C(=O)OCC(C)(C)C)O[C@@H](c3ccc(OCc4ccc(Cl)c(Cl)c4)cc3)CO5)C(=O)O)cc2)c1C. The van der Waals surface area contributed by atoms with Crippen LogP contribution in [0, 0.1) is 19.3 Å². The summed E-state index contributed by atoms with van der Waals surface area (Å²) in [6, 6.07) is 23.0. The van der Waals surface area contributed by atoms with E-state index in [4.69, 9.17) is 46.9 Å². The number of amides is 2. The molecule has 1 aromatic heterocycles. The number of nitrogens with zero attached hydrogens (tertiary/aromatic N) is 2. The Kier molecular flexibility index (Phi) is 13.0. The molecule has 2 aliphatic heterocycles. The molecule has 2 N–H and O–H groups in total. The second-order valence-corrected chi connectivity index (χ2v) is 17.2. The van der Waals surface area contributed by atoms with Crippen LogP contribution in [0.1, 0.15) is 65.9 Å². The Balaban J connectivity index is 1.04. The highest BCUT2D eigenvalue weighted by Crippen LogP contribution is 2.41. The van der Waals surface area contributed by atoms with E-state index in [-0.39, 0.29) is 38.0 Å². The number of carboxylic acids is 1. The second-order valence-electron chi connectivity index (χ2n) is 16.4. The summed E-state index contributed by atoms with van der Waals surface area (Å²) in [7, 11) is 0. The molecule has 0 radical (unpaired) electrons. The minimum Gasteiger partial charge on any atom is -0.489 e. The molecule has 0 saturated heterocycles. The summed E-state index contributed by atoms with van der Waals surface area (Å²) in [5.74, 6) is 1.08. The van der Waals surface area contributed by atoms with Crippen molar-refractivity contribution in [3.8, 4) is 28.7 Å². The Morgan fingerprint density at radius 1 is 0.902 bits per heavy atom. The highest BCUT2D eigenvalue weighted by atomic mass is 35.5. The number of aryl methyl sites for hydroxylation is 1. The Morgan fingerprint density at radius 3 is 2.31 bits per heavy atom. The number of halogens is 2. The molecular formula is C47H47Cl2N3O9. The standard InChI is InChI=1S/C47H47Cl2N3O9/c1-27-28(2)50-17-16-40(27)60-35-11-6-29(7-12-35)19-38(45(54)55)51-44(53)39-20-32-21-41-42(22-33(32)23-52(39)46(56)59-26-47(3,4)5)61-43(25-58-41)31-9-13-34(14-10-31)57-24-30-8-15-36(48)37(49)18-30/h6-18,21-22,38-39,43H,19-20,23-26H2,1-5H3,(H,51,53)(H,54,55)/t38-,39-,43+/m0/s1. The van der Waals surface area contributed by atoms with Gasteiger partial charge in [0.05, 0.1) is 23.2 Å².